The van der Waals surface area contributed by atoms with Crippen LogP contribution in [0.4, 0.5) is 13.2 Å². The van der Waals surface area contributed by atoms with Crippen LogP contribution in [-0.2, 0) is 4.74 Å². The maximum Gasteiger partial charge on any atom is 0.573 e. The number of hydrogen-bond donors (Lipinski definition) is 1. The monoisotopic (exact) mass is 287 g/mol. The predicted octanol–water partition coefficient (Wildman–Crippen LogP) is 2.98. The largest absolute Gasteiger partial charge is 0.573 e. The number of alkyl halides is 3. The second-order valence-electron chi connectivity index (χ2n) is 4.69. The minimum Gasteiger partial charge on any atom is -0.406 e. The Bertz CT molecular complexity index is 456. The first-order valence-corrected chi connectivity index (χ1v) is 6.30. The molecule has 0 aromatic heterocycles. The van der Waals surface area contributed by atoms with Gasteiger partial charge in [-0.3, -0.25) is 0 Å². The molecular formula is C14H16F3NO2. The van der Waals surface area contributed by atoms with E-state index in [1.54, 1.807) is 12.1 Å². The van der Waals surface area contributed by atoms with E-state index in [4.69, 9.17) is 4.74 Å². The molecule has 1 aromatic rings. The van der Waals surface area contributed by atoms with Crippen LogP contribution >= 0.6 is 0 Å². The molecule has 2 unspecified atom stereocenters. The molecule has 0 aliphatic carbocycles. The summed E-state index contributed by atoms with van der Waals surface area (Å²) in [5.74, 6) is -0.220. The van der Waals surface area contributed by atoms with Crippen LogP contribution in [0.2, 0.25) is 0 Å². The average molecular weight is 287 g/mol. The third-order valence-electron chi connectivity index (χ3n) is 2.80. The lowest BCUT2D eigenvalue weighted by atomic mass is 10.1. The summed E-state index contributed by atoms with van der Waals surface area (Å²) in [4.78, 5) is 0. The third kappa shape index (κ3) is 4.86. The molecule has 2 rings (SSSR count). The topological polar surface area (TPSA) is 30.5 Å². The highest BCUT2D eigenvalue weighted by Gasteiger charge is 2.30. The molecule has 0 bridgehead atoms. The molecule has 1 saturated heterocycles. The van der Waals surface area contributed by atoms with Crippen molar-refractivity contribution in [3.63, 3.8) is 0 Å². The fourth-order valence-electron chi connectivity index (χ4n) is 1.95. The SMILES string of the molecule is CC1COCC(/C=C/c2ccc(OC(F)(F)F)cc2)N1. The molecule has 1 aromatic carbocycles. The molecule has 1 aliphatic rings. The van der Waals surface area contributed by atoms with Gasteiger partial charge in [-0.15, -0.1) is 13.2 Å². The number of ether oxygens (including phenoxy) is 2. The fourth-order valence-corrected chi connectivity index (χ4v) is 1.95. The molecule has 0 amide bonds. The molecule has 1 N–H and O–H groups in total. The number of halogens is 3. The Morgan fingerprint density at radius 3 is 2.55 bits per heavy atom. The molecular weight excluding hydrogens is 271 g/mol. The molecule has 1 heterocycles. The van der Waals surface area contributed by atoms with Crippen molar-refractivity contribution >= 4 is 6.08 Å². The van der Waals surface area contributed by atoms with Crippen molar-refractivity contribution in [2.24, 2.45) is 0 Å². The van der Waals surface area contributed by atoms with Crippen molar-refractivity contribution < 1.29 is 22.6 Å². The summed E-state index contributed by atoms with van der Waals surface area (Å²) in [5, 5.41) is 3.34. The molecule has 3 nitrogen and oxygen atoms in total. The highest BCUT2D eigenvalue weighted by Crippen LogP contribution is 2.23. The summed E-state index contributed by atoms with van der Waals surface area (Å²) in [5.41, 5.74) is 0.805. The number of nitrogens with one attached hydrogen (secondary N) is 1. The van der Waals surface area contributed by atoms with Crippen LogP contribution < -0.4 is 10.1 Å². The maximum absolute atomic E-state index is 12.0. The Balaban J connectivity index is 1.93. The molecule has 2 atom stereocenters. The van der Waals surface area contributed by atoms with Gasteiger partial charge in [0.1, 0.15) is 5.75 Å². The normalized spacial score (nSPS) is 24.0. The summed E-state index contributed by atoms with van der Waals surface area (Å²) in [6, 6.07) is 6.14. The first-order chi connectivity index (χ1) is 9.42. The molecule has 0 saturated carbocycles. The lowest BCUT2D eigenvalue weighted by molar-refractivity contribution is -0.274. The van der Waals surface area contributed by atoms with E-state index in [0.29, 0.717) is 19.3 Å². The molecule has 1 aliphatic heterocycles. The van der Waals surface area contributed by atoms with Crippen LogP contribution in [0.25, 0.3) is 6.08 Å². The van der Waals surface area contributed by atoms with Gasteiger partial charge in [-0.25, -0.2) is 0 Å². The molecule has 6 heteroatoms. The Kier molecular flexibility index (Phi) is 4.67. The van der Waals surface area contributed by atoms with Crippen LogP contribution in [0, 0.1) is 0 Å². The third-order valence-corrected chi connectivity index (χ3v) is 2.80. The van der Waals surface area contributed by atoms with Gasteiger partial charge in [0.2, 0.25) is 0 Å². The second-order valence-corrected chi connectivity index (χ2v) is 4.69. The summed E-state index contributed by atoms with van der Waals surface area (Å²) >= 11 is 0. The van der Waals surface area contributed by atoms with E-state index in [2.05, 4.69) is 10.1 Å². The number of hydrogen-bond acceptors (Lipinski definition) is 3. The van der Waals surface area contributed by atoms with Gasteiger partial charge in [0.15, 0.2) is 0 Å². The van der Waals surface area contributed by atoms with Crippen molar-refractivity contribution in [3.05, 3.63) is 35.9 Å². The van der Waals surface area contributed by atoms with Crippen molar-refractivity contribution in [1.29, 1.82) is 0 Å². The molecule has 20 heavy (non-hydrogen) atoms. The minimum atomic E-state index is -4.66. The van der Waals surface area contributed by atoms with Gasteiger partial charge in [0, 0.05) is 12.1 Å². The lowest BCUT2D eigenvalue weighted by Crippen LogP contribution is -2.46. The van der Waals surface area contributed by atoms with Crippen molar-refractivity contribution in [2.75, 3.05) is 13.2 Å². The van der Waals surface area contributed by atoms with Crippen LogP contribution in [0.1, 0.15) is 12.5 Å². The summed E-state index contributed by atoms with van der Waals surface area (Å²) in [6.07, 6.45) is -0.872. The van der Waals surface area contributed by atoms with E-state index >= 15 is 0 Å². The first-order valence-electron chi connectivity index (χ1n) is 6.30. The van der Waals surface area contributed by atoms with E-state index in [1.807, 2.05) is 19.1 Å². The van der Waals surface area contributed by atoms with E-state index in [0.717, 1.165) is 5.56 Å². The Labute approximate surface area is 115 Å². The minimum absolute atomic E-state index is 0.116. The van der Waals surface area contributed by atoms with E-state index in [9.17, 15) is 13.2 Å². The zero-order valence-corrected chi connectivity index (χ0v) is 11.0. The van der Waals surface area contributed by atoms with E-state index in [1.165, 1.54) is 12.1 Å². The maximum atomic E-state index is 12.0. The zero-order chi connectivity index (χ0) is 14.6. The van der Waals surface area contributed by atoms with Crippen molar-refractivity contribution in [1.82, 2.24) is 5.32 Å². The van der Waals surface area contributed by atoms with Gasteiger partial charge in [0.05, 0.1) is 13.2 Å². The smallest absolute Gasteiger partial charge is 0.406 e. The lowest BCUT2D eigenvalue weighted by Gasteiger charge is -2.26. The Hall–Kier alpha value is -1.53. The first kappa shape index (κ1) is 14.9. The summed E-state index contributed by atoms with van der Waals surface area (Å²) in [7, 11) is 0. The highest BCUT2D eigenvalue weighted by atomic mass is 19.4. The summed E-state index contributed by atoms with van der Waals surface area (Å²) in [6.45, 7) is 3.31. The Morgan fingerprint density at radius 2 is 1.95 bits per heavy atom. The molecule has 1 fully saturated rings. The zero-order valence-electron chi connectivity index (χ0n) is 11.0. The van der Waals surface area contributed by atoms with Crippen LogP contribution in [0.5, 0.6) is 5.75 Å². The second kappa shape index (κ2) is 6.28. The van der Waals surface area contributed by atoms with Crippen LogP contribution in [-0.4, -0.2) is 31.7 Å². The number of benzene rings is 1. The van der Waals surface area contributed by atoms with Gasteiger partial charge in [-0.1, -0.05) is 24.3 Å². The quantitative estimate of drug-likeness (QED) is 0.927. The van der Waals surface area contributed by atoms with Gasteiger partial charge in [-0.05, 0) is 24.6 Å². The average Bonchev–Trinajstić information content (AvgIpc) is 2.36. The van der Waals surface area contributed by atoms with Crippen molar-refractivity contribution in [2.45, 2.75) is 25.4 Å². The molecule has 110 valence electrons. The predicted molar refractivity (Wildman–Crippen MR) is 69.4 cm³/mol. The van der Waals surface area contributed by atoms with Gasteiger partial charge in [-0.2, -0.15) is 0 Å². The fraction of sp³-hybridized carbons (Fsp3) is 0.429. The highest BCUT2D eigenvalue weighted by molar-refractivity contribution is 5.51. The van der Waals surface area contributed by atoms with Crippen molar-refractivity contribution in [3.8, 4) is 5.75 Å². The molecule has 0 spiro atoms. The van der Waals surface area contributed by atoms with Gasteiger partial charge >= 0.3 is 6.36 Å². The van der Waals surface area contributed by atoms with Gasteiger partial charge in [0.25, 0.3) is 0 Å². The van der Waals surface area contributed by atoms with Crippen LogP contribution in [0.3, 0.4) is 0 Å². The standard InChI is InChI=1S/C14H16F3NO2/c1-10-8-19-9-12(18-10)5-2-11-3-6-13(7-4-11)20-14(15,16)17/h2-7,10,12,18H,8-9H2,1H3/b5-2+. The van der Waals surface area contributed by atoms with E-state index < -0.39 is 6.36 Å². The van der Waals surface area contributed by atoms with Crippen LogP contribution in [0.15, 0.2) is 30.3 Å². The molecule has 0 radical (unpaired) electrons. The summed E-state index contributed by atoms with van der Waals surface area (Å²) < 4.78 is 45.2. The van der Waals surface area contributed by atoms with Gasteiger partial charge < -0.3 is 14.8 Å². The number of morpholine rings is 1. The number of rotatable bonds is 3. The Morgan fingerprint density at radius 1 is 1.25 bits per heavy atom. The van der Waals surface area contributed by atoms with E-state index in [-0.39, 0.29) is 11.8 Å².